The lowest BCUT2D eigenvalue weighted by molar-refractivity contribution is -0.137. The van der Waals surface area contributed by atoms with Crippen LogP contribution in [0.1, 0.15) is 40.4 Å². The maximum Gasteiger partial charge on any atom is 0.416 e. The number of alkyl halides is 3. The lowest BCUT2D eigenvalue weighted by Crippen LogP contribution is -2.29. The SMILES string of the molecule is Cc1cccc(CN2CCCn3cccc3[C@@H]2c2ccc(C(F)(F)F)cc2)c1. The van der Waals surface area contributed by atoms with Crippen molar-refractivity contribution < 1.29 is 13.2 Å². The Kier molecular flexibility index (Phi) is 5.02. The van der Waals surface area contributed by atoms with Crippen LogP contribution in [0.25, 0.3) is 0 Å². The minimum atomic E-state index is -4.32. The number of rotatable bonds is 3. The number of halogens is 3. The fourth-order valence-corrected chi connectivity index (χ4v) is 4.09. The van der Waals surface area contributed by atoms with Crippen molar-refractivity contribution in [2.45, 2.75) is 38.7 Å². The first-order valence-corrected chi connectivity index (χ1v) is 9.53. The zero-order valence-corrected chi connectivity index (χ0v) is 15.8. The Balaban J connectivity index is 1.72. The van der Waals surface area contributed by atoms with E-state index in [0.717, 1.165) is 37.3 Å². The first-order chi connectivity index (χ1) is 13.4. The van der Waals surface area contributed by atoms with Gasteiger partial charge in [-0.2, -0.15) is 13.2 Å². The third kappa shape index (κ3) is 3.85. The summed E-state index contributed by atoms with van der Waals surface area (Å²) in [6, 6.07) is 18.1. The monoisotopic (exact) mass is 384 g/mol. The summed E-state index contributed by atoms with van der Waals surface area (Å²) in [5, 5.41) is 0. The summed E-state index contributed by atoms with van der Waals surface area (Å²) in [5.41, 5.74) is 3.84. The average molecular weight is 384 g/mol. The van der Waals surface area contributed by atoms with Crippen molar-refractivity contribution in [3.63, 3.8) is 0 Å². The van der Waals surface area contributed by atoms with Gasteiger partial charge in [-0.3, -0.25) is 4.90 Å². The van der Waals surface area contributed by atoms with Crippen LogP contribution in [0.3, 0.4) is 0 Å². The lowest BCUT2D eigenvalue weighted by Gasteiger charge is -2.31. The van der Waals surface area contributed by atoms with E-state index in [2.05, 4.69) is 52.9 Å². The molecule has 0 aliphatic carbocycles. The van der Waals surface area contributed by atoms with E-state index in [-0.39, 0.29) is 6.04 Å². The summed E-state index contributed by atoms with van der Waals surface area (Å²) in [4.78, 5) is 2.37. The summed E-state index contributed by atoms with van der Waals surface area (Å²) in [5.74, 6) is 0. The van der Waals surface area contributed by atoms with Crippen molar-refractivity contribution in [1.82, 2.24) is 9.47 Å². The second-order valence-electron chi connectivity index (χ2n) is 7.46. The van der Waals surface area contributed by atoms with E-state index in [0.29, 0.717) is 0 Å². The molecule has 2 heterocycles. The fourth-order valence-electron chi connectivity index (χ4n) is 4.09. The summed E-state index contributed by atoms with van der Waals surface area (Å²) < 4.78 is 41.2. The number of benzene rings is 2. The number of aromatic nitrogens is 1. The highest BCUT2D eigenvalue weighted by atomic mass is 19.4. The van der Waals surface area contributed by atoms with Gasteiger partial charge in [0.15, 0.2) is 0 Å². The highest BCUT2D eigenvalue weighted by Crippen LogP contribution is 2.35. The zero-order chi connectivity index (χ0) is 19.7. The van der Waals surface area contributed by atoms with Crippen LogP contribution in [0, 0.1) is 6.92 Å². The molecule has 1 aliphatic heterocycles. The molecule has 0 N–H and O–H groups in total. The second-order valence-corrected chi connectivity index (χ2v) is 7.46. The molecule has 2 aromatic carbocycles. The molecule has 1 aliphatic rings. The number of hydrogen-bond donors (Lipinski definition) is 0. The van der Waals surface area contributed by atoms with E-state index < -0.39 is 11.7 Å². The molecule has 0 saturated heterocycles. The average Bonchev–Trinajstić information content (AvgIpc) is 3.03. The Labute approximate surface area is 163 Å². The van der Waals surface area contributed by atoms with E-state index in [4.69, 9.17) is 0 Å². The summed E-state index contributed by atoms with van der Waals surface area (Å²) in [6.07, 6.45) is -1.25. The van der Waals surface area contributed by atoms with Gasteiger partial charge < -0.3 is 4.57 Å². The van der Waals surface area contributed by atoms with Gasteiger partial charge >= 0.3 is 6.18 Å². The molecule has 4 rings (SSSR count). The highest BCUT2D eigenvalue weighted by Gasteiger charge is 2.32. The molecule has 0 saturated carbocycles. The molecule has 5 heteroatoms. The van der Waals surface area contributed by atoms with Crippen LogP contribution in [0.2, 0.25) is 0 Å². The van der Waals surface area contributed by atoms with Gasteiger partial charge in [-0.1, -0.05) is 42.0 Å². The van der Waals surface area contributed by atoms with Gasteiger partial charge in [0.05, 0.1) is 11.6 Å². The van der Waals surface area contributed by atoms with Gasteiger partial charge in [0.2, 0.25) is 0 Å². The first kappa shape index (κ1) is 18.8. The van der Waals surface area contributed by atoms with E-state index >= 15 is 0 Å². The highest BCUT2D eigenvalue weighted by molar-refractivity contribution is 5.33. The van der Waals surface area contributed by atoms with Gasteiger partial charge in [0, 0.05) is 31.5 Å². The molecule has 0 bridgehead atoms. The topological polar surface area (TPSA) is 8.17 Å². The predicted octanol–water partition coefficient (Wildman–Crippen LogP) is 5.81. The number of fused-ring (bicyclic) bond motifs is 1. The molecule has 0 spiro atoms. The maximum atomic E-state index is 13.0. The quantitative estimate of drug-likeness (QED) is 0.553. The Morgan fingerprint density at radius 3 is 2.46 bits per heavy atom. The normalized spacial score (nSPS) is 17.9. The van der Waals surface area contributed by atoms with Crippen LogP contribution in [0.5, 0.6) is 0 Å². The molecule has 0 radical (unpaired) electrons. The third-order valence-corrected chi connectivity index (χ3v) is 5.38. The van der Waals surface area contributed by atoms with E-state index in [9.17, 15) is 13.2 Å². The molecule has 0 unspecified atom stereocenters. The second kappa shape index (κ2) is 7.47. The molecule has 1 aromatic heterocycles. The van der Waals surface area contributed by atoms with Crippen molar-refractivity contribution in [3.8, 4) is 0 Å². The zero-order valence-electron chi connectivity index (χ0n) is 15.8. The Morgan fingerprint density at radius 2 is 1.75 bits per heavy atom. The van der Waals surface area contributed by atoms with Crippen LogP contribution in [-0.2, 0) is 19.3 Å². The van der Waals surface area contributed by atoms with Crippen LogP contribution in [0.15, 0.2) is 66.9 Å². The largest absolute Gasteiger partial charge is 0.416 e. The van der Waals surface area contributed by atoms with Crippen molar-refractivity contribution in [1.29, 1.82) is 0 Å². The van der Waals surface area contributed by atoms with E-state index in [1.807, 2.05) is 6.07 Å². The van der Waals surface area contributed by atoms with Crippen molar-refractivity contribution in [3.05, 3.63) is 94.8 Å². The van der Waals surface area contributed by atoms with Crippen molar-refractivity contribution in [2.75, 3.05) is 6.54 Å². The maximum absolute atomic E-state index is 13.0. The lowest BCUT2D eigenvalue weighted by atomic mass is 9.99. The number of hydrogen-bond acceptors (Lipinski definition) is 1. The van der Waals surface area contributed by atoms with Gasteiger partial charge in [0.25, 0.3) is 0 Å². The van der Waals surface area contributed by atoms with Crippen LogP contribution < -0.4 is 0 Å². The Hall–Kier alpha value is -2.53. The van der Waals surface area contributed by atoms with Gasteiger partial charge in [0.1, 0.15) is 0 Å². The van der Waals surface area contributed by atoms with E-state index in [1.54, 1.807) is 12.1 Å². The molecule has 0 fully saturated rings. The Morgan fingerprint density at radius 1 is 0.964 bits per heavy atom. The van der Waals surface area contributed by atoms with Crippen LogP contribution in [-0.4, -0.2) is 16.0 Å². The molecule has 146 valence electrons. The molecular formula is C23H23F3N2. The van der Waals surface area contributed by atoms with Gasteiger partial charge in [-0.25, -0.2) is 0 Å². The summed E-state index contributed by atoms with van der Waals surface area (Å²) >= 11 is 0. The number of aryl methyl sites for hydroxylation is 2. The van der Waals surface area contributed by atoms with Gasteiger partial charge in [-0.05, 0) is 48.7 Å². The molecule has 2 nitrogen and oxygen atoms in total. The molecule has 0 amide bonds. The predicted molar refractivity (Wildman–Crippen MR) is 104 cm³/mol. The van der Waals surface area contributed by atoms with Crippen molar-refractivity contribution in [2.24, 2.45) is 0 Å². The fraction of sp³-hybridized carbons (Fsp3) is 0.304. The molecule has 28 heavy (non-hydrogen) atoms. The molecule has 3 aromatic rings. The van der Waals surface area contributed by atoms with Crippen LogP contribution in [0.4, 0.5) is 13.2 Å². The number of nitrogens with zero attached hydrogens (tertiary/aromatic N) is 2. The van der Waals surface area contributed by atoms with E-state index in [1.165, 1.54) is 23.3 Å². The molecule has 1 atom stereocenters. The summed E-state index contributed by atoms with van der Waals surface area (Å²) in [6.45, 7) is 4.65. The Bertz CT molecular complexity index is 941. The first-order valence-electron chi connectivity index (χ1n) is 9.53. The van der Waals surface area contributed by atoms with Crippen LogP contribution >= 0.6 is 0 Å². The standard InChI is InChI=1S/C23H23F3N2/c1-17-5-2-6-18(15-17)16-28-14-4-13-27-12-3-7-21(27)22(28)19-8-10-20(11-9-19)23(24,25)26/h2-3,5-12,15,22H,4,13-14,16H2,1H3/t22-/m0/s1. The molecular weight excluding hydrogens is 361 g/mol. The minimum Gasteiger partial charge on any atom is -0.350 e. The smallest absolute Gasteiger partial charge is 0.350 e. The summed E-state index contributed by atoms with van der Waals surface area (Å²) in [7, 11) is 0. The third-order valence-electron chi connectivity index (χ3n) is 5.38. The minimum absolute atomic E-state index is 0.0692. The van der Waals surface area contributed by atoms with Crippen molar-refractivity contribution >= 4 is 0 Å². The van der Waals surface area contributed by atoms with Gasteiger partial charge in [-0.15, -0.1) is 0 Å².